The highest BCUT2D eigenvalue weighted by atomic mass is 32.2. The Morgan fingerprint density at radius 3 is 2.73 bits per heavy atom. The molecule has 0 aliphatic rings. The van der Waals surface area contributed by atoms with Gasteiger partial charge in [0.25, 0.3) is 0 Å². The molecule has 1 heterocycles. The average molecular weight is 171 g/mol. The summed E-state index contributed by atoms with van der Waals surface area (Å²) in [5.74, 6) is 0.0703. The summed E-state index contributed by atoms with van der Waals surface area (Å²) >= 11 is 0. The molecule has 0 saturated carbocycles. The van der Waals surface area contributed by atoms with Crippen molar-refractivity contribution in [1.82, 2.24) is 4.98 Å². The largest absolute Gasteiger partial charge is 0.264 e. The Kier molecular flexibility index (Phi) is 2.24. The molecule has 0 amide bonds. The Morgan fingerprint density at radius 1 is 1.55 bits per heavy atom. The summed E-state index contributed by atoms with van der Waals surface area (Å²) in [4.78, 5) is 3.80. The Morgan fingerprint density at radius 2 is 2.27 bits per heavy atom. The highest BCUT2D eigenvalue weighted by molar-refractivity contribution is 7.89. The lowest BCUT2D eigenvalue weighted by atomic mass is 10.3. The van der Waals surface area contributed by atoms with Crippen molar-refractivity contribution >= 4 is 9.84 Å². The van der Waals surface area contributed by atoms with Crippen LogP contribution in [-0.4, -0.2) is 19.7 Å². The van der Waals surface area contributed by atoms with Crippen molar-refractivity contribution in [2.75, 3.05) is 6.26 Å². The molecule has 0 aliphatic heterocycles. The zero-order valence-corrected chi connectivity index (χ0v) is 7.00. The van der Waals surface area contributed by atoms with E-state index in [0.717, 1.165) is 5.56 Å². The number of pyridine rings is 1. The number of hydrogen-bond donors (Lipinski definition) is 0. The smallest absolute Gasteiger partial charge is 0.151 e. The van der Waals surface area contributed by atoms with Crippen LogP contribution in [0.2, 0.25) is 0 Å². The summed E-state index contributed by atoms with van der Waals surface area (Å²) in [7, 11) is -2.92. The lowest BCUT2D eigenvalue weighted by Gasteiger charge is -1.95. The molecular formula is C7H9NO2S. The molecule has 60 valence electrons. The summed E-state index contributed by atoms with van der Waals surface area (Å²) in [5.41, 5.74) is 0.731. The lowest BCUT2D eigenvalue weighted by molar-refractivity contribution is 0.601. The fourth-order valence-electron chi connectivity index (χ4n) is 0.786. The maximum Gasteiger partial charge on any atom is 0.151 e. The van der Waals surface area contributed by atoms with Crippen LogP contribution in [0.25, 0.3) is 0 Å². The van der Waals surface area contributed by atoms with Gasteiger partial charge >= 0.3 is 0 Å². The lowest BCUT2D eigenvalue weighted by Crippen LogP contribution is -2.00. The first-order valence-corrected chi connectivity index (χ1v) is 5.20. The number of sulfone groups is 1. The van der Waals surface area contributed by atoms with E-state index in [4.69, 9.17) is 0 Å². The van der Waals surface area contributed by atoms with Gasteiger partial charge in [-0.05, 0) is 11.6 Å². The molecule has 1 rings (SSSR count). The van der Waals surface area contributed by atoms with Gasteiger partial charge in [0.15, 0.2) is 9.84 Å². The van der Waals surface area contributed by atoms with Crippen LogP contribution in [-0.2, 0) is 15.6 Å². The third-order valence-electron chi connectivity index (χ3n) is 1.15. The van der Waals surface area contributed by atoms with E-state index in [-0.39, 0.29) is 5.75 Å². The predicted molar refractivity (Wildman–Crippen MR) is 42.8 cm³/mol. The molecule has 0 aromatic carbocycles. The fraction of sp³-hybridized carbons (Fsp3) is 0.286. The highest BCUT2D eigenvalue weighted by Gasteiger charge is 2.02. The standard InChI is InChI=1S/C7H9NO2S/c1-11(9,10)6-7-3-2-4-8-5-7/h2-5H,6H2,1H3. The van der Waals surface area contributed by atoms with Gasteiger partial charge in [-0.3, -0.25) is 4.98 Å². The summed E-state index contributed by atoms with van der Waals surface area (Å²) < 4.78 is 21.5. The van der Waals surface area contributed by atoms with Crippen molar-refractivity contribution in [2.24, 2.45) is 0 Å². The van der Waals surface area contributed by atoms with Crippen LogP contribution in [0.5, 0.6) is 0 Å². The topological polar surface area (TPSA) is 47.0 Å². The maximum atomic E-state index is 10.8. The molecule has 0 unspecified atom stereocenters. The molecule has 0 N–H and O–H groups in total. The molecule has 0 fully saturated rings. The van der Waals surface area contributed by atoms with Crippen LogP contribution in [0, 0.1) is 0 Å². The van der Waals surface area contributed by atoms with E-state index in [9.17, 15) is 8.42 Å². The molecule has 1 aromatic heterocycles. The van der Waals surface area contributed by atoms with Crippen LogP contribution >= 0.6 is 0 Å². The zero-order valence-electron chi connectivity index (χ0n) is 6.19. The van der Waals surface area contributed by atoms with E-state index in [1.807, 2.05) is 0 Å². The van der Waals surface area contributed by atoms with Gasteiger partial charge in [0.2, 0.25) is 0 Å². The van der Waals surface area contributed by atoms with Crippen LogP contribution in [0.4, 0.5) is 0 Å². The van der Waals surface area contributed by atoms with Crippen molar-refractivity contribution in [3.05, 3.63) is 30.1 Å². The van der Waals surface area contributed by atoms with Crippen molar-refractivity contribution < 1.29 is 8.42 Å². The fourth-order valence-corrected chi connectivity index (χ4v) is 1.56. The molecule has 11 heavy (non-hydrogen) atoms. The molecule has 0 atom stereocenters. The first-order chi connectivity index (χ1) is 5.08. The number of rotatable bonds is 2. The SMILES string of the molecule is CS(=O)(=O)Cc1cccnc1. The summed E-state index contributed by atoms with van der Waals surface area (Å²) in [6.45, 7) is 0. The molecule has 3 nitrogen and oxygen atoms in total. The van der Waals surface area contributed by atoms with Gasteiger partial charge in [-0.15, -0.1) is 0 Å². The van der Waals surface area contributed by atoms with Crippen LogP contribution in [0.15, 0.2) is 24.5 Å². The van der Waals surface area contributed by atoms with Gasteiger partial charge in [0, 0.05) is 18.6 Å². The second kappa shape index (κ2) is 3.00. The molecule has 1 aromatic rings. The van der Waals surface area contributed by atoms with E-state index < -0.39 is 9.84 Å². The van der Waals surface area contributed by atoms with E-state index >= 15 is 0 Å². The molecule has 0 spiro atoms. The van der Waals surface area contributed by atoms with Crippen LogP contribution < -0.4 is 0 Å². The minimum atomic E-state index is -2.92. The third kappa shape index (κ3) is 3.13. The Labute approximate surface area is 66.0 Å². The van der Waals surface area contributed by atoms with Gasteiger partial charge in [0.05, 0.1) is 5.75 Å². The Hall–Kier alpha value is -0.900. The maximum absolute atomic E-state index is 10.8. The van der Waals surface area contributed by atoms with Crippen LogP contribution in [0.1, 0.15) is 5.56 Å². The second-order valence-electron chi connectivity index (χ2n) is 2.43. The second-order valence-corrected chi connectivity index (χ2v) is 4.57. The van der Waals surface area contributed by atoms with Gasteiger partial charge in [-0.25, -0.2) is 8.42 Å². The molecule has 0 aliphatic carbocycles. The van der Waals surface area contributed by atoms with E-state index in [1.165, 1.54) is 6.26 Å². The van der Waals surface area contributed by atoms with Gasteiger partial charge < -0.3 is 0 Å². The summed E-state index contributed by atoms with van der Waals surface area (Å²) in [5, 5.41) is 0. The Balaban J connectivity index is 2.82. The molecule has 0 saturated heterocycles. The predicted octanol–water partition coefficient (Wildman–Crippen LogP) is 0.626. The van der Waals surface area contributed by atoms with Crippen LogP contribution in [0.3, 0.4) is 0 Å². The summed E-state index contributed by atoms with van der Waals surface area (Å²) in [6.07, 6.45) is 4.38. The van der Waals surface area contributed by atoms with E-state index in [0.29, 0.717) is 0 Å². The average Bonchev–Trinajstić information content (AvgIpc) is 1.85. The molecular weight excluding hydrogens is 162 g/mol. The normalized spacial score (nSPS) is 11.4. The number of aromatic nitrogens is 1. The van der Waals surface area contributed by atoms with Gasteiger partial charge in [0.1, 0.15) is 0 Å². The van der Waals surface area contributed by atoms with E-state index in [1.54, 1.807) is 24.5 Å². The van der Waals surface area contributed by atoms with Gasteiger partial charge in [-0.2, -0.15) is 0 Å². The van der Waals surface area contributed by atoms with Gasteiger partial charge in [-0.1, -0.05) is 6.07 Å². The minimum absolute atomic E-state index is 0.0703. The van der Waals surface area contributed by atoms with Crippen molar-refractivity contribution in [1.29, 1.82) is 0 Å². The van der Waals surface area contributed by atoms with Crippen molar-refractivity contribution in [3.63, 3.8) is 0 Å². The monoisotopic (exact) mass is 171 g/mol. The van der Waals surface area contributed by atoms with E-state index in [2.05, 4.69) is 4.98 Å². The third-order valence-corrected chi connectivity index (χ3v) is 2.01. The van der Waals surface area contributed by atoms with Crippen molar-refractivity contribution in [3.8, 4) is 0 Å². The highest BCUT2D eigenvalue weighted by Crippen LogP contribution is 2.00. The zero-order chi connectivity index (χ0) is 8.32. The molecule has 0 bridgehead atoms. The number of hydrogen-bond acceptors (Lipinski definition) is 3. The van der Waals surface area contributed by atoms with Crippen molar-refractivity contribution in [2.45, 2.75) is 5.75 Å². The molecule has 4 heteroatoms. The number of nitrogens with zero attached hydrogens (tertiary/aromatic N) is 1. The quantitative estimate of drug-likeness (QED) is 0.655. The minimum Gasteiger partial charge on any atom is -0.264 e. The molecule has 0 radical (unpaired) electrons. The Bertz CT molecular complexity index is 318. The summed E-state index contributed by atoms with van der Waals surface area (Å²) in [6, 6.07) is 3.47. The first kappa shape index (κ1) is 8.20. The first-order valence-electron chi connectivity index (χ1n) is 3.14.